The van der Waals surface area contributed by atoms with E-state index in [1.807, 2.05) is 50.2 Å². The van der Waals surface area contributed by atoms with E-state index in [0.717, 1.165) is 26.6 Å². The van der Waals surface area contributed by atoms with E-state index in [1.54, 1.807) is 24.3 Å². The molecule has 3 aromatic carbocycles. The molecule has 0 spiro atoms. The molecule has 0 aliphatic rings. The van der Waals surface area contributed by atoms with Crippen LogP contribution in [0.15, 0.2) is 64.5 Å². The van der Waals surface area contributed by atoms with Crippen molar-refractivity contribution in [3.63, 3.8) is 0 Å². The third-order valence-corrected chi connectivity index (χ3v) is 5.71. The molecule has 0 saturated carbocycles. The highest BCUT2D eigenvalue weighted by Crippen LogP contribution is 2.25. The number of carbonyl (C=O) groups excluding carboxylic acids is 1. The number of carbonyl (C=O) groups is 1. The van der Waals surface area contributed by atoms with Crippen molar-refractivity contribution >= 4 is 22.9 Å². The van der Waals surface area contributed by atoms with E-state index in [1.165, 1.54) is 13.1 Å². The van der Waals surface area contributed by atoms with Gasteiger partial charge in [-0.3, -0.25) is 9.59 Å². The third-order valence-electron chi connectivity index (χ3n) is 5.71. The second kappa shape index (κ2) is 9.00. The first-order valence-electron chi connectivity index (χ1n) is 10.5. The van der Waals surface area contributed by atoms with Gasteiger partial charge in [0.25, 0.3) is 11.5 Å². The highest BCUT2D eigenvalue weighted by molar-refractivity contribution is 6.03. The Hall–Kier alpha value is -4.77. The number of rotatable bonds is 4. The van der Waals surface area contributed by atoms with Crippen LogP contribution in [0.4, 0.5) is 0 Å². The lowest BCUT2D eigenvalue weighted by atomic mass is 10.0. The Morgan fingerprint density at radius 2 is 1.88 bits per heavy atom. The summed E-state index contributed by atoms with van der Waals surface area (Å²) in [6.07, 6.45) is 1.34. The van der Waals surface area contributed by atoms with Crippen LogP contribution < -0.4 is 11.0 Å². The molecule has 8 heteroatoms. The number of phenols is 1. The number of hydrogen-bond acceptors (Lipinski definition) is 6. The molecule has 0 unspecified atom stereocenters. The normalized spacial score (nSPS) is 11.0. The van der Waals surface area contributed by atoms with Gasteiger partial charge in [0, 0.05) is 11.1 Å². The van der Waals surface area contributed by atoms with Crippen molar-refractivity contribution < 1.29 is 9.90 Å². The zero-order valence-corrected chi connectivity index (χ0v) is 18.8. The van der Waals surface area contributed by atoms with Crippen molar-refractivity contribution in [3.05, 3.63) is 98.5 Å². The molecule has 168 valence electrons. The Balaban J connectivity index is 1.72. The maximum absolute atomic E-state index is 12.9. The van der Waals surface area contributed by atoms with Gasteiger partial charge in [0.1, 0.15) is 17.4 Å². The number of hydrazone groups is 1. The smallest absolute Gasteiger partial charge is 0.292 e. The third kappa shape index (κ3) is 4.02. The molecule has 2 N–H and O–H groups in total. The highest BCUT2D eigenvalue weighted by Gasteiger charge is 2.20. The minimum absolute atomic E-state index is 0.0149. The number of phenolic OH excluding ortho intramolecular Hbond substituents is 1. The number of aromatic nitrogens is 2. The lowest BCUT2D eigenvalue weighted by Gasteiger charge is -2.12. The number of nitriles is 1. The van der Waals surface area contributed by atoms with Crippen LogP contribution >= 0.6 is 0 Å². The minimum Gasteiger partial charge on any atom is -0.507 e. The van der Waals surface area contributed by atoms with Crippen molar-refractivity contribution in [2.45, 2.75) is 20.8 Å². The summed E-state index contributed by atoms with van der Waals surface area (Å²) < 4.78 is 1.05. The van der Waals surface area contributed by atoms with E-state index in [2.05, 4.69) is 15.6 Å². The average molecular weight is 451 g/mol. The number of amides is 1. The Labute approximate surface area is 195 Å². The molecule has 8 nitrogen and oxygen atoms in total. The summed E-state index contributed by atoms with van der Waals surface area (Å²) in [6, 6.07) is 18.0. The molecule has 1 aromatic heterocycles. The summed E-state index contributed by atoms with van der Waals surface area (Å²) in [5.41, 5.74) is 4.53. The molecular weight excluding hydrogens is 430 g/mol. The van der Waals surface area contributed by atoms with Gasteiger partial charge in [0.15, 0.2) is 5.69 Å². The van der Waals surface area contributed by atoms with Crippen molar-refractivity contribution in [3.8, 4) is 17.5 Å². The largest absolute Gasteiger partial charge is 0.507 e. The minimum atomic E-state index is -0.692. The first-order valence-corrected chi connectivity index (χ1v) is 10.5. The van der Waals surface area contributed by atoms with Crippen LogP contribution in [0.1, 0.15) is 38.3 Å². The lowest BCUT2D eigenvalue weighted by Crippen LogP contribution is -2.31. The molecule has 0 radical (unpaired) electrons. The van der Waals surface area contributed by atoms with Crippen LogP contribution in [0.5, 0.6) is 5.75 Å². The molecule has 0 fully saturated rings. The van der Waals surface area contributed by atoms with Gasteiger partial charge in [-0.15, -0.1) is 0 Å². The molecule has 0 aliphatic heterocycles. The number of nitrogens with one attached hydrogen (secondary N) is 1. The first-order chi connectivity index (χ1) is 16.3. The SMILES string of the molecule is Cc1ccc(-n2nc(C(=O)N/N=C/c3c(O)ccc4ccccc34)c(C)c(C#N)c2=O)cc1C. The summed E-state index contributed by atoms with van der Waals surface area (Å²) in [6.45, 7) is 5.33. The van der Waals surface area contributed by atoms with E-state index in [9.17, 15) is 20.0 Å². The second-order valence-electron chi connectivity index (χ2n) is 7.86. The molecule has 0 atom stereocenters. The number of benzene rings is 3. The van der Waals surface area contributed by atoms with E-state index in [4.69, 9.17) is 0 Å². The second-order valence-corrected chi connectivity index (χ2v) is 7.86. The van der Waals surface area contributed by atoms with Crippen LogP contribution in [-0.4, -0.2) is 27.0 Å². The maximum atomic E-state index is 12.9. The highest BCUT2D eigenvalue weighted by atomic mass is 16.3. The summed E-state index contributed by atoms with van der Waals surface area (Å²) >= 11 is 0. The molecule has 4 aromatic rings. The van der Waals surface area contributed by atoms with E-state index < -0.39 is 11.5 Å². The fraction of sp³-hybridized carbons (Fsp3) is 0.115. The van der Waals surface area contributed by atoms with E-state index in [0.29, 0.717) is 11.3 Å². The van der Waals surface area contributed by atoms with Gasteiger partial charge in [0.2, 0.25) is 0 Å². The van der Waals surface area contributed by atoms with Gasteiger partial charge in [-0.1, -0.05) is 36.4 Å². The quantitative estimate of drug-likeness (QED) is 0.362. The summed E-state index contributed by atoms with van der Waals surface area (Å²) in [5, 5.41) is 29.7. The van der Waals surface area contributed by atoms with Gasteiger partial charge in [0.05, 0.1) is 11.9 Å². The van der Waals surface area contributed by atoms with Crippen molar-refractivity contribution in [1.29, 1.82) is 5.26 Å². The summed E-state index contributed by atoms with van der Waals surface area (Å²) in [5.74, 6) is -0.677. The molecule has 4 rings (SSSR count). The fourth-order valence-corrected chi connectivity index (χ4v) is 3.61. The number of aryl methyl sites for hydroxylation is 2. The Morgan fingerprint density at radius 3 is 2.62 bits per heavy atom. The molecule has 34 heavy (non-hydrogen) atoms. The Bertz CT molecular complexity index is 1580. The summed E-state index contributed by atoms with van der Waals surface area (Å²) in [7, 11) is 0. The monoisotopic (exact) mass is 451 g/mol. The Morgan fingerprint density at radius 1 is 1.12 bits per heavy atom. The molecule has 1 amide bonds. The van der Waals surface area contributed by atoms with E-state index in [-0.39, 0.29) is 22.6 Å². The number of fused-ring (bicyclic) bond motifs is 1. The van der Waals surface area contributed by atoms with E-state index >= 15 is 0 Å². The first kappa shape index (κ1) is 22.4. The zero-order chi connectivity index (χ0) is 24.4. The lowest BCUT2D eigenvalue weighted by molar-refractivity contribution is 0.0947. The number of nitrogens with zero attached hydrogens (tertiary/aromatic N) is 4. The number of hydrogen-bond donors (Lipinski definition) is 2. The van der Waals surface area contributed by atoms with Gasteiger partial charge in [-0.25, -0.2) is 5.43 Å². The van der Waals surface area contributed by atoms with Gasteiger partial charge >= 0.3 is 0 Å². The van der Waals surface area contributed by atoms with Crippen LogP contribution in [0.3, 0.4) is 0 Å². The van der Waals surface area contributed by atoms with Crippen molar-refractivity contribution in [2.75, 3.05) is 0 Å². The molecule has 1 heterocycles. The van der Waals surface area contributed by atoms with Crippen molar-refractivity contribution in [2.24, 2.45) is 5.10 Å². The fourth-order valence-electron chi connectivity index (χ4n) is 3.61. The Kier molecular flexibility index (Phi) is 5.94. The van der Waals surface area contributed by atoms with Gasteiger partial charge in [-0.2, -0.15) is 20.1 Å². The number of aromatic hydroxyl groups is 1. The predicted molar refractivity (Wildman–Crippen MR) is 129 cm³/mol. The van der Waals surface area contributed by atoms with Crippen LogP contribution in [0, 0.1) is 32.1 Å². The van der Waals surface area contributed by atoms with Crippen LogP contribution in [-0.2, 0) is 0 Å². The standard InChI is InChI=1S/C26H21N5O3/c1-15-8-10-19(12-16(15)2)31-26(34)21(13-27)17(3)24(30-31)25(33)29-28-14-22-20-7-5-4-6-18(20)9-11-23(22)32/h4-12,14,32H,1-3H3,(H,29,33)/b28-14+. The van der Waals surface area contributed by atoms with Crippen molar-refractivity contribution in [1.82, 2.24) is 15.2 Å². The van der Waals surface area contributed by atoms with Crippen LogP contribution in [0.25, 0.3) is 16.5 Å². The molecule has 0 aliphatic carbocycles. The zero-order valence-electron chi connectivity index (χ0n) is 18.8. The molecular formula is C26H21N5O3. The van der Waals surface area contributed by atoms with Gasteiger partial charge < -0.3 is 5.11 Å². The molecule has 0 saturated heterocycles. The topological polar surface area (TPSA) is 120 Å². The molecule has 0 bridgehead atoms. The summed E-state index contributed by atoms with van der Waals surface area (Å²) in [4.78, 5) is 25.8. The average Bonchev–Trinajstić information content (AvgIpc) is 2.82. The van der Waals surface area contributed by atoms with Crippen LogP contribution in [0.2, 0.25) is 0 Å². The maximum Gasteiger partial charge on any atom is 0.292 e. The van der Waals surface area contributed by atoms with Gasteiger partial charge in [-0.05, 0) is 60.9 Å². The predicted octanol–water partition coefficient (Wildman–Crippen LogP) is 3.65.